The molecule has 2 atom stereocenters. The van der Waals surface area contributed by atoms with Crippen LogP contribution in [0.2, 0.25) is 10.0 Å². The maximum Gasteiger partial charge on any atom is 0.307 e. The van der Waals surface area contributed by atoms with Gasteiger partial charge >= 0.3 is 5.97 Å². The summed E-state index contributed by atoms with van der Waals surface area (Å²) in [5.74, 6) is -2.50. The molecule has 0 aliphatic heterocycles. The quantitative estimate of drug-likeness (QED) is 0.906. The Kier molecular flexibility index (Phi) is 5.84. The predicted molar refractivity (Wildman–Crippen MR) is 78.9 cm³/mol. The van der Waals surface area contributed by atoms with Gasteiger partial charge in [-0.15, -0.1) is 0 Å². The normalized spacial score (nSPS) is 13.7. The highest BCUT2D eigenvalue weighted by molar-refractivity contribution is 6.42. The smallest absolute Gasteiger partial charge is 0.307 e. The van der Waals surface area contributed by atoms with Crippen molar-refractivity contribution in [3.05, 3.63) is 33.8 Å². The van der Waals surface area contributed by atoms with Crippen LogP contribution < -0.4 is 0 Å². The lowest BCUT2D eigenvalue weighted by atomic mass is 9.95. The molecule has 110 valence electrons. The van der Waals surface area contributed by atoms with Crippen molar-refractivity contribution in [2.24, 2.45) is 11.8 Å². The summed E-state index contributed by atoms with van der Waals surface area (Å²) in [6.45, 7) is 3.50. The Hall–Kier alpha value is -1.26. The summed E-state index contributed by atoms with van der Waals surface area (Å²) < 4.78 is 0. The third-order valence-electron chi connectivity index (χ3n) is 3.31. The highest BCUT2D eigenvalue weighted by Crippen LogP contribution is 2.23. The molecule has 20 heavy (non-hydrogen) atoms. The molecule has 1 aromatic carbocycles. The zero-order valence-electron chi connectivity index (χ0n) is 11.6. The fourth-order valence-electron chi connectivity index (χ4n) is 1.77. The summed E-state index contributed by atoms with van der Waals surface area (Å²) in [7, 11) is 1.63. The van der Waals surface area contributed by atoms with E-state index in [0.29, 0.717) is 16.6 Å². The number of aliphatic carboxylic acids is 1. The third kappa shape index (κ3) is 4.12. The van der Waals surface area contributed by atoms with Crippen molar-refractivity contribution in [3.8, 4) is 0 Å². The number of rotatable bonds is 5. The van der Waals surface area contributed by atoms with Crippen molar-refractivity contribution in [1.82, 2.24) is 4.90 Å². The maximum absolute atomic E-state index is 12.1. The molecule has 1 aromatic rings. The van der Waals surface area contributed by atoms with Gasteiger partial charge in [0.05, 0.1) is 16.0 Å². The first-order chi connectivity index (χ1) is 9.23. The zero-order valence-corrected chi connectivity index (χ0v) is 13.1. The van der Waals surface area contributed by atoms with Gasteiger partial charge in [-0.1, -0.05) is 43.1 Å². The van der Waals surface area contributed by atoms with Crippen LogP contribution in [-0.4, -0.2) is 28.9 Å². The van der Waals surface area contributed by atoms with Gasteiger partial charge in [-0.2, -0.15) is 0 Å². The molecule has 1 rings (SSSR count). The number of amides is 1. The van der Waals surface area contributed by atoms with E-state index in [0.717, 1.165) is 5.56 Å². The molecule has 2 unspecified atom stereocenters. The standard InChI is InChI=1S/C14H17Cl2NO3/c1-8(9(2)14(19)20)13(18)17(3)7-10-4-5-11(15)12(16)6-10/h4-6,8-9H,7H2,1-3H3,(H,19,20). The van der Waals surface area contributed by atoms with Crippen molar-refractivity contribution < 1.29 is 14.7 Å². The number of benzene rings is 1. The molecule has 0 fully saturated rings. The lowest BCUT2D eigenvalue weighted by molar-refractivity contribution is -0.148. The number of carbonyl (C=O) groups is 2. The van der Waals surface area contributed by atoms with Gasteiger partial charge in [-0.25, -0.2) is 0 Å². The molecular formula is C14H17Cl2NO3. The number of carboxylic acids is 1. The molecule has 0 spiro atoms. The number of halogens is 2. The van der Waals surface area contributed by atoms with E-state index >= 15 is 0 Å². The van der Waals surface area contributed by atoms with Crippen LogP contribution in [0.25, 0.3) is 0 Å². The van der Waals surface area contributed by atoms with Crippen molar-refractivity contribution in [2.45, 2.75) is 20.4 Å². The Balaban J connectivity index is 2.75. The van der Waals surface area contributed by atoms with Crippen LogP contribution in [0.15, 0.2) is 18.2 Å². The highest BCUT2D eigenvalue weighted by atomic mass is 35.5. The number of nitrogens with zero attached hydrogens (tertiary/aromatic N) is 1. The summed E-state index contributed by atoms with van der Waals surface area (Å²) in [5.41, 5.74) is 0.838. The van der Waals surface area contributed by atoms with E-state index < -0.39 is 17.8 Å². The van der Waals surface area contributed by atoms with Crippen LogP contribution in [-0.2, 0) is 16.1 Å². The number of hydrogen-bond acceptors (Lipinski definition) is 2. The summed E-state index contributed by atoms with van der Waals surface area (Å²) in [6.07, 6.45) is 0. The van der Waals surface area contributed by atoms with Crippen LogP contribution in [0.5, 0.6) is 0 Å². The maximum atomic E-state index is 12.1. The first-order valence-electron chi connectivity index (χ1n) is 6.15. The summed E-state index contributed by atoms with van der Waals surface area (Å²) >= 11 is 11.7. The lowest BCUT2D eigenvalue weighted by Crippen LogP contribution is -2.36. The highest BCUT2D eigenvalue weighted by Gasteiger charge is 2.28. The second-order valence-electron chi connectivity index (χ2n) is 4.86. The average molecular weight is 318 g/mol. The Morgan fingerprint density at radius 1 is 1.20 bits per heavy atom. The van der Waals surface area contributed by atoms with Crippen molar-refractivity contribution in [2.75, 3.05) is 7.05 Å². The number of carbonyl (C=O) groups excluding carboxylic acids is 1. The minimum atomic E-state index is -0.978. The molecule has 0 aliphatic rings. The first-order valence-corrected chi connectivity index (χ1v) is 6.91. The molecule has 0 aromatic heterocycles. The van der Waals surface area contributed by atoms with Crippen molar-refractivity contribution in [1.29, 1.82) is 0 Å². The topological polar surface area (TPSA) is 57.6 Å². The zero-order chi connectivity index (χ0) is 15.4. The molecule has 0 bridgehead atoms. The van der Waals surface area contributed by atoms with Gasteiger partial charge in [0.2, 0.25) is 5.91 Å². The van der Waals surface area contributed by atoms with Gasteiger partial charge in [0.1, 0.15) is 0 Å². The Morgan fingerprint density at radius 2 is 1.80 bits per heavy atom. The van der Waals surface area contributed by atoms with Gasteiger partial charge in [-0.05, 0) is 17.7 Å². The largest absolute Gasteiger partial charge is 0.481 e. The van der Waals surface area contributed by atoms with Gasteiger partial charge in [0.15, 0.2) is 0 Å². The van der Waals surface area contributed by atoms with E-state index in [1.165, 1.54) is 11.8 Å². The van der Waals surface area contributed by atoms with E-state index in [9.17, 15) is 9.59 Å². The predicted octanol–water partition coefficient (Wildman–Crippen LogP) is 3.31. The summed E-state index contributed by atoms with van der Waals surface area (Å²) in [6, 6.07) is 5.14. The fourth-order valence-corrected chi connectivity index (χ4v) is 2.09. The van der Waals surface area contributed by atoms with Crippen LogP contribution in [0, 0.1) is 11.8 Å². The second-order valence-corrected chi connectivity index (χ2v) is 5.67. The minimum absolute atomic E-state index is 0.217. The van der Waals surface area contributed by atoms with E-state index in [2.05, 4.69) is 0 Å². The first kappa shape index (κ1) is 16.8. The van der Waals surface area contributed by atoms with Crippen molar-refractivity contribution >= 4 is 35.1 Å². The van der Waals surface area contributed by atoms with Gasteiger partial charge in [-0.3, -0.25) is 9.59 Å². The lowest BCUT2D eigenvalue weighted by Gasteiger charge is -2.23. The molecule has 0 saturated carbocycles. The number of hydrogen-bond donors (Lipinski definition) is 1. The average Bonchev–Trinajstić information content (AvgIpc) is 2.40. The summed E-state index contributed by atoms with van der Waals surface area (Å²) in [4.78, 5) is 24.5. The summed E-state index contributed by atoms with van der Waals surface area (Å²) in [5, 5.41) is 9.82. The molecule has 0 aliphatic carbocycles. The molecule has 4 nitrogen and oxygen atoms in total. The van der Waals surface area contributed by atoms with Crippen LogP contribution >= 0.6 is 23.2 Å². The van der Waals surface area contributed by atoms with Crippen LogP contribution in [0.4, 0.5) is 0 Å². The molecule has 1 N–H and O–H groups in total. The molecule has 0 radical (unpaired) electrons. The van der Waals surface area contributed by atoms with Crippen LogP contribution in [0.1, 0.15) is 19.4 Å². The molecule has 6 heteroatoms. The number of carboxylic acid groups (broad SMARTS) is 1. The molecule has 0 saturated heterocycles. The molecule has 1 amide bonds. The monoisotopic (exact) mass is 317 g/mol. The Bertz CT molecular complexity index is 519. The second kappa shape index (κ2) is 6.95. The van der Waals surface area contributed by atoms with Gasteiger partial charge in [0.25, 0.3) is 0 Å². The van der Waals surface area contributed by atoms with Crippen LogP contribution in [0.3, 0.4) is 0 Å². The molecule has 0 heterocycles. The van der Waals surface area contributed by atoms with E-state index in [-0.39, 0.29) is 5.91 Å². The minimum Gasteiger partial charge on any atom is -0.481 e. The van der Waals surface area contributed by atoms with E-state index in [1.54, 1.807) is 32.2 Å². The fraction of sp³-hybridized carbons (Fsp3) is 0.429. The SMILES string of the molecule is CC(C(=O)O)C(C)C(=O)N(C)Cc1ccc(Cl)c(Cl)c1. The Labute approximate surface area is 128 Å². The van der Waals surface area contributed by atoms with Crippen molar-refractivity contribution in [3.63, 3.8) is 0 Å². The van der Waals surface area contributed by atoms with E-state index in [1.807, 2.05) is 0 Å². The van der Waals surface area contributed by atoms with E-state index in [4.69, 9.17) is 28.3 Å². The van der Waals surface area contributed by atoms with Gasteiger partial charge < -0.3 is 10.0 Å². The van der Waals surface area contributed by atoms with Gasteiger partial charge in [0, 0.05) is 19.5 Å². The Morgan fingerprint density at radius 3 is 2.30 bits per heavy atom. The molecular weight excluding hydrogens is 301 g/mol. The third-order valence-corrected chi connectivity index (χ3v) is 4.05.